The summed E-state index contributed by atoms with van der Waals surface area (Å²) in [5, 5.41) is 0. The third-order valence-corrected chi connectivity index (χ3v) is 2.14. The van der Waals surface area contributed by atoms with Crippen LogP contribution in [0.15, 0.2) is 36.4 Å². The summed E-state index contributed by atoms with van der Waals surface area (Å²) >= 11 is 0. The highest BCUT2D eigenvalue weighted by Gasteiger charge is 2.03. The van der Waals surface area contributed by atoms with Gasteiger partial charge in [0.1, 0.15) is 0 Å². The molecule has 0 aliphatic heterocycles. The zero-order valence-corrected chi connectivity index (χ0v) is 10.1. The maximum atomic E-state index is 5.45. The number of ether oxygens (including phenoxy) is 2. The highest BCUT2D eigenvalue weighted by molar-refractivity contribution is 5.48. The Bertz CT molecular complexity index is 287. The van der Waals surface area contributed by atoms with Crippen LogP contribution in [0.4, 0.5) is 0 Å². The summed E-state index contributed by atoms with van der Waals surface area (Å²) in [4.78, 5) is 0. The van der Waals surface area contributed by atoms with Gasteiger partial charge in [-0.3, -0.25) is 0 Å². The van der Waals surface area contributed by atoms with Gasteiger partial charge in [0.2, 0.25) is 0 Å². The van der Waals surface area contributed by atoms with E-state index in [1.165, 1.54) is 5.56 Å². The van der Waals surface area contributed by atoms with E-state index in [0.29, 0.717) is 13.2 Å². The Morgan fingerprint density at radius 3 is 2.25 bits per heavy atom. The number of hydrogen-bond acceptors (Lipinski definition) is 2. The third-order valence-electron chi connectivity index (χ3n) is 2.14. The van der Waals surface area contributed by atoms with Gasteiger partial charge < -0.3 is 9.47 Å². The second kappa shape index (κ2) is 8.08. The van der Waals surface area contributed by atoms with Crippen molar-refractivity contribution in [2.24, 2.45) is 0 Å². The van der Waals surface area contributed by atoms with E-state index in [0.717, 1.165) is 6.42 Å². The molecule has 0 heterocycles. The highest BCUT2D eigenvalue weighted by atomic mass is 16.7. The summed E-state index contributed by atoms with van der Waals surface area (Å²) in [5.41, 5.74) is 1.20. The lowest BCUT2D eigenvalue weighted by Crippen LogP contribution is -2.16. The van der Waals surface area contributed by atoms with Crippen molar-refractivity contribution in [1.82, 2.24) is 0 Å². The molecule has 0 aliphatic carbocycles. The van der Waals surface area contributed by atoms with Crippen molar-refractivity contribution in [3.63, 3.8) is 0 Å². The van der Waals surface area contributed by atoms with Crippen molar-refractivity contribution in [3.05, 3.63) is 42.0 Å². The van der Waals surface area contributed by atoms with E-state index in [2.05, 4.69) is 24.3 Å². The fourth-order valence-electron chi connectivity index (χ4n) is 1.44. The molecule has 0 aliphatic rings. The SMILES string of the molecule is CCOC(C/C=C/c1ccccc1)OCC. The summed E-state index contributed by atoms with van der Waals surface area (Å²) in [7, 11) is 0. The van der Waals surface area contributed by atoms with Crippen LogP contribution in [0.5, 0.6) is 0 Å². The maximum absolute atomic E-state index is 5.45. The molecule has 0 radical (unpaired) electrons. The van der Waals surface area contributed by atoms with Crippen molar-refractivity contribution in [2.75, 3.05) is 13.2 Å². The van der Waals surface area contributed by atoms with Gasteiger partial charge in [-0.25, -0.2) is 0 Å². The van der Waals surface area contributed by atoms with Crippen LogP contribution < -0.4 is 0 Å². The first-order valence-electron chi connectivity index (χ1n) is 5.81. The fourth-order valence-corrected chi connectivity index (χ4v) is 1.44. The van der Waals surface area contributed by atoms with Crippen molar-refractivity contribution >= 4 is 6.08 Å². The fraction of sp³-hybridized carbons (Fsp3) is 0.429. The van der Waals surface area contributed by atoms with Crippen LogP contribution in [-0.2, 0) is 9.47 Å². The topological polar surface area (TPSA) is 18.5 Å². The molecule has 16 heavy (non-hydrogen) atoms. The molecule has 0 amide bonds. The Morgan fingerprint density at radius 2 is 1.69 bits per heavy atom. The Balaban J connectivity index is 2.39. The minimum atomic E-state index is -0.116. The molecule has 2 nitrogen and oxygen atoms in total. The van der Waals surface area contributed by atoms with E-state index in [9.17, 15) is 0 Å². The summed E-state index contributed by atoms with van der Waals surface area (Å²) in [6.07, 6.45) is 4.85. The molecular weight excluding hydrogens is 200 g/mol. The molecule has 1 rings (SSSR count). The summed E-state index contributed by atoms with van der Waals surface area (Å²) in [5.74, 6) is 0. The molecule has 0 N–H and O–H groups in total. The van der Waals surface area contributed by atoms with Gasteiger partial charge in [0.05, 0.1) is 0 Å². The summed E-state index contributed by atoms with van der Waals surface area (Å²) in [6.45, 7) is 5.33. The van der Waals surface area contributed by atoms with Crippen molar-refractivity contribution in [1.29, 1.82) is 0 Å². The number of hydrogen-bond donors (Lipinski definition) is 0. The van der Waals surface area contributed by atoms with Gasteiger partial charge in [-0.2, -0.15) is 0 Å². The van der Waals surface area contributed by atoms with Crippen LogP contribution in [0.1, 0.15) is 25.8 Å². The predicted molar refractivity (Wildman–Crippen MR) is 67.1 cm³/mol. The first-order valence-corrected chi connectivity index (χ1v) is 5.81. The predicted octanol–water partition coefficient (Wildman–Crippen LogP) is 3.49. The molecule has 0 spiro atoms. The van der Waals surface area contributed by atoms with Crippen LogP contribution in [0.3, 0.4) is 0 Å². The molecule has 0 fully saturated rings. The molecule has 1 aromatic carbocycles. The van der Waals surface area contributed by atoms with E-state index >= 15 is 0 Å². The molecule has 1 aromatic rings. The quantitative estimate of drug-likeness (QED) is 0.655. The van der Waals surface area contributed by atoms with Gasteiger partial charge in [0.15, 0.2) is 6.29 Å². The first kappa shape index (κ1) is 12.9. The summed E-state index contributed by atoms with van der Waals surface area (Å²) in [6, 6.07) is 10.2. The van der Waals surface area contributed by atoms with E-state index in [1.54, 1.807) is 0 Å². The standard InChI is InChI=1S/C14H20O2/c1-3-15-14(16-4-2)12-8-11-13-9-6-5-7-10-13/h5-11,14H,3-4,12H2,1-2H3/b11-8+. The molecule has 0 bridgehead atoms. The van der Waals surface area contributed by atoms with Crippen LogP contribution >= 0.6 is 0 Å². The Morgan fingerprint density at radius 1 is 1.06 bits per heavy atom. The van der Waals surface area contributed by atoms with Crippen LogP contribution in [0.2, 0.25) is 0 Å². The molecule has 0 saturated heterocycles. The normalized spacial score (nSPS) is 11.4. The zero-order chi connectivity index (χ0) is 11.6. The maximum Gasteiger partial charge on any atom is 0.160 e. The molecule has 0 unspecified atom stereocenters. The van der Waals surface area contributed by atoms with E-state index in [1.807, 2.05) is 32.0 Å². The number of rotatable bonds is 7. The second-order valence-corrected chi connectivity index (χ2v) is 3.39. The third kappa shape index (κ3) is 5.10. The minimum Gasteiger partial charge on any atom is -0.353 e. The van der Waals surface area contributed by atoms with E-state index < -0.39 is 0 Å². The van der Waals surface area contributed by atoms with Crippen molar-refractivity contribution in [3.8, 4) is 0 Å². The van der Waals surface area contributed by atoms with Crippen LogP contribution in [0, 0.1) is 0 Å². The Labute approximate surface area is 97.9 Å². The monoisotopic (exact) mass is 220 g/mol. The lowest BCUT2D eigenvalue weighted by Gasteiger charge is -2.14. The van der Waals surface area contributed by atoms with E-state index in [-0.39, 0.29) is 6.29 Å². The second-order valence-electron chi connectivity index (χ2n) is 3.39. The average Bonchev–Trinajstić information content (AvgIpc) is 2.31. The van der Waals surface area contributed by atoms with Crippen LogP contribution in [0.25, 0.3) is 6.08 Å². The molecule has 0 saturated carbocycles. The smallest absolute Gasteiger partial charge is 0.160 e. The zero-order valence-electron chi connectivity index (χ0n) is 10.1. The lowest BCUT2D eigenvalue weighted by atomic mass is 10.2. The van der Waals surface area contributed by atoms with Gasteiger partial charge in [-0.1, -0.05) is 42.5 Å². The number of benzene rings is 1. The largest absolute Gasteiger partial charge is 0.353 e. The summed E-state index contributed by atoms with van der Waals surface area (Å²) < 4.78 is 10.9. The van der Waals surface area contributed by atoms with Crippen molar-refractivity contribution < 1.29 is 9.47 Å². The van der Waals surface area contributed by atoms with Crippen LogP contribution in [-0.4, -0.2) is 19.5 Å². The highest BCUT2D eigenvalue weighted by Crippen LogP contribution is 2.06. The lowest BCUT2D eigenvalue weighted by molar-refractivity contribution is -0.133. The van der Waals surface area contributed by atoms with Crippen molar-refractivity contribution in [2.45, 2.75) is 26.6 Å². The van der Waals surface area contributed by atoms with Gasteiger partial charge in [0.25, 0.3) is 0 Å². The molecule has 88 valence electrons. The molecular formula is C14H20O2. The van der Waals surface area contributed by atoms with Gasteiger partial charge in [0, 0.05) is 19.6 Å². The Kier molecular flexibility index (Phi) is 6.54. The molecule has 0 aromatic heterocycles. The van der Waals surface area contributed by atoms with Gasteiger partial charge in [-0.15, -0.1) is 0 Å². The van der Waals surface area contributed by atoms with E-state index in [4.69, 9.17) is 9.47 Å². The molecule has 0 atom stereocenters. The van der Waals surface area contributed by atoms with Gasteiger partial charge >= 0.3 is 0 Å². The average molecular weight is 220 g/mol. The first-order chi connectivity index (χ1) is 7.86. The Hall–Kier alpha value is -1.12. The molecule has 2 heteroatoms. The minimum absolute atomic E-state index is 0.116. The van der Waals surface area contributed by atoms with Gasteiger partial charge in [-0.05, 0) is 19.4 Å².